The predicted molar refractivity (Wildman–Crippen MR) is 66.7 cm³/mol. The summed E-state index contributed by atoms with van der Waals surface area (Å²) in [5.74, 6) is 0.826. The van der Waals surface area contributed by atoms with Gasteiger partial charge in [-0.25, -0.2) is 0 Å². The molecule has 0 heterocycles. The van der Waals surface area contributed by atoms with Crippen molar-refractivity contribution < 1.29 is 9.84 Å². The van der Waals surface area contributed by atoms with Gasteiger partial charge in [0, 0.05) is 0 Å². The van der Waals surface area contributed by atoms with Gasteiger partial charge in [-0.05, 0) is 43.9 Å². The van der Waals surface area contributed by atoms with Crippen LogP contribution < -0.4 is 4.74 Å². The second-order valence-electron chi connectivity index (χ2n) is 4.24. The van der Waals surface area contributed by atoms with Crippen LogP contribution in [0.5, 0.6) is 5.75 Å². The minimum absolute atomic E-state index is 0.439. The van der Waals surface area contributed by atoms with Crippen LogP contribution in [0.4, 0.5) is 0 Å². The van der Waals surface area contributed by atoms with E-state index in [-0.39, 0.29) is 0 Å². The Morgan fingerprint density at radius 2 is 2.19 bits per heavy atom. The third-order valence-corrected chi connectivity index (χ3v) is 2.66. The van der Waals surface area contributed by atoms with Crippen LogP contribution in [0.1, 0.15) is 37.0 Å². The maximum Gasteiger partial charge on any atom is 0.122 e. The molecule has 1 N–H and O–H groups in total. The quantitative estimate of drug-likeness (QED) is 0.771. The molecule has 1 aromatic rings. The van der Waals surface area contributed by atoms with Crippen LogP contribution in [-0.4, -0.2) is 12.2 Å². The fraction of sp³-hybridized carbons (Fsp3) is 0.429. The lowest BCUT2D eigenvalue weighted by Crippen LogP contribution is -1.99. The molecule has 1 aromatic carbocycles. The molecule has 1 unspecified atom stereocenters. The van der Waals surface area contributed by atoms with Crippen molar-refractivity contribution in [2.75, 3.05) is 7.11 Å². The van der Waals surface area contributed by atoms with Gasteiger partial charge in [-0.1, -0.05) is 17.7 Å². The summed E-state index contributed by atoms with van der Waals surface area (Å²) >= 11 is 0. The van der Waals surface area contributed by atoms with Crippen LogP contribution in [0, 0.1) is 6.92 Å². The zero-order chi connectivity index (χ0) is 12.1. The first-order valence-electron chi connectivity index (χ1n) is 5.51. The first kappa shape index (κ1) is 12.8. The second-order valence-corrected chi connectivity index (χ2v) is 4.24. The average molecular weight is 220 g/mol. The van der Waals surface area contributed by atoms with Gasteiger partial charge in [0.1, 0.15) is 5.75 Å². The van der Waals surface area contributed by atoms with Gasteiger partial charge in [-0.15, -0.1) is 6.58 Å². The Morgan fingerprint density at radius 1 is 1.50 bits per heavy atom. The summed E-state index contributed by atoms with van der Waals surface area (Å²) < 4.78 is 5.23. The smallest absolute Gasteiger partial charge is 0.122 e. The number of hydrogen-bond acceptors (Lipinski definition) is 2. The maximum atomic E-state index is 9.98. The van der Waals surface area contributed by atoms with Crippen molar-refractivity contribution in [3.05, 3.63) is 41.5 Å². The normalized spacial score (nSPS) is 12.2. The number of methoxy groups -OCH3 is 1. The van der Waals surface area contributed by atoms with Gasteiger partial charge < -0.3 is 9.84 Å². The number of rotatable bonds is 5. The molecule has 16 heavy (non-hydrogen) atoms. The first-order chi connectivity index (χ1) is 7.54. The molecule has 1 atom stereocenters. The number of aliphatic hydroxyl groups excluding tert-OH is 1. The van der Waals surface area contributed by atoms with Crippen LogP contribution in [-0.2, 0) is 0 Å². The van der Waals surface area contributed by atoms with Crippen molar-refractivity contribution in [1.29, 1.82) is 0 Å². The molecule has 0 aromatic heterocycles. The fourth-order valence-corrected chi connectivity index (χ4v) is 1.59. The predicted octanol–water partition coefficient (Wildman–Crippen LogP) is 3.39. The van der Waals surface area contributed by atoms with E-state index in [1.807, 2.05) is 32.0 Å². The molecule has 2 heteroatoms. The van der Waals surface area contributed by atoms with E-state index in [1.165, 1.54) is 0 Å². The summed E-state index contributed by atoms with van der Waals surface area (Å²) in [5, 5.41) is 9.98. The Hall–Kier alpha value is -1.28. The Labute approximate surface area is 97.6 Å². The molecule has 0 aliphatic heterocycles. The third kappa shape index (κ3) is 3.38. The van der Waals surface area contributed by atoms with E-state index >= 15 is 0 Å². The molecule has 0 spiro atoms. The summed E-state index contributed by atoms with van der Waals surface area (Å²) in [5.41, 5.74) is 3.08. The molecule has 0 saturated carbocycles. The zero-order valence-corrected chi connectivity index (χ0v) is 10.3. The number of aliphatic hydroxyl groups is 1. The molecular formula is C14H20O2. The first-order valence-corrected chi connectivity index (χ1v) is 5.51. The van der Waals surface area contributed by atoms with Crippen molar-refractivity contribution >= 4 is 0 Å². The topological polar surface area (TPSA) is 29.5 Å². The lowest BCUT2D eigenvalue weighted by atomic mass is 10.0. The van der Waals surface area contributed by atoms with Crippen LogP contribution in [0.25, 0.3) is 0 Å². The third-order valence-electron chi connectivity index (χ3n) is 2.66. The summed E-state index contributed by atoms with van der Waals surface area (Å²) in [4.78, 5) is 0. The van der Waals surface area contributed by atoms with E-state index < -0.39 is 6.10 Å². The largest absolute Gasteiger partial charge is 0.496 e. The van der Waals surface area contributed by atoms with Crippen molar-refractivity contribution in [2.45, 2.75) is 32.8 Å². The highest BCUT2D eigenvalue weighted by Crippen LogP contribution is 2.26. The summed E-state index contributed by atoms with van der Waals surface area (Å²) in [6, 6.07) is 5.82. The maximum absolute atomic E-state index is 9.98. The number of allylic oxidation sites excluding steroid dienone is 1. The number of aryl methyl sites for hydroxylation is 1. The van der Waals surface area contributed by atoms with Crippen molar-refractivity contribution in [3.63, 3.8) is 0 Å². The molecule has 88 valence electrons. The van der Waals surface area contributed by atoms with E-state index in [2.05, 4.69) is 6.58 Å². The summed E-state index contributed by atoms with van der Waals surface area (Å²) in [7, 11) is 1.65. The molecule has 1 rings (SSSR count). The van der Waals surface area contributed by atoms with Crippen LogP contribution in [0.2, 0.25) is 0 Å². The lowest BCUT2D eigenvalue weighted by Gasteiger charge is -2.13. The van der Waals surface area contributed by atoms with Crippen LogP contribution in [0.3, 0.4) is 0 Å². The fourth-order valence-electron chi connectivity index (χ4n) is 1.59. The van der Waals surface area contributed by atoms with Gasteiger partial charge in [-0.2, -0.15) is 0 Å². The molecule has 0 radical (unpaired) electrons. The summed E-state index contributed by atoms with van der Waals surface area (Å²) in [6.45, 7) is 7.80. The van der Waals surface area contributed by atoms with E-state index in [0.29, 0.717) is 6.42 Å². The monoisotopic (exact) mass is 220 g/mol. The van der Waals surface area contributed by atoms with Gasteiger partial charge >= 0.3 is 0 Å². The molecule has 2 nitrogen and oxygen atoms in total. The van der Waals surface area contributed by atoms with Crippen molar-refractivity contribution in [2.24, 2.45) is 0 Å². The van der Waals surface area contributed by atoms with Crippen LogP contribution in [0.15, 0.2) is 30.4 Å². The molecule has 0 aliphatic rings. The minimum Gasteiger partial charge on any atom is -0.496 e. The van der Waals surface area contributed by atoms with Gasteiger partial charge in [0.25, 0.3) is 0 Å². The highest BCUT2D eigenvalue weighted by atomic mass is 16.5. The Morgan fingerprint density at radius 3 is 2.75 bits per heavy atom. The van der Waals surface area contributed by atoms with Gasteiger partial charge in [-0.3, -0.25) is 0 Å². The van der Waals surface area contributed by atoms with Gasteiger partial charge in [0.05, 0.1) is 13.2 Å². The highest BCUT2D eigenvalue weighted by molar-refractivity contribution is 5.37. The van der Waals surface area contributed by atoms with E-state index in [4.69, 9.17) is 4.74 Å². The molecular weight excluding hydrogens is 200 g/mol. The SMILES string of the molecule is C=C(C)CCC(O)c1ccc(C)c(OC)c1. The van der Waals surface area contributed by atoms with Gasteiger partial charge in [0.2, 0.25) is 0 Å². The minimum atomic E-state index is -0.439. The van der Waals surface area contributed by atoms with Crippen LogP contribution >= 0.6 is 0 Å². The standard InChI is InChI=1S/C14H20O2/c1-10(2)5-8-13(15)12-7-6-11(3)14(9-12)16-4/h6-7,9,13,15H,1,5,8H2,2-4H3. The molecule has 0 fully saturated rings. The van der Waals surface area contributed by atoms with E-state index in [0.717, 1.165) is 28.9 Å². The Balaban J connectivity index is 2.75. The molecule has 0 bridgehead atoms. The second kappa shape index (κ2) is 5.71. The lowest BCUT2D eigenvalue weighted by molar-refractivity contribution is 0.167. The Kier molecular flexibility index (Phi) is 4.56. The van der Waals surface area contributed by atoms with E-state index in [1.54, 1.807) is 7.11 Å². The zero-order valence-electron chi connectivity index (χ0n) is 10.3. The number of ether oxygens (including phenoxy) is 1. The van der Waals surface area contributed by atoms with Crippen molar-refractivity contribution in [3.8, 4) is 5.75 Å². The Bertz CT molecular complexity index is 369. The molecule has 0 aliphatic carbocycles. The molecule has 0 amide bonds. The summed E-state index contributed by atoms with van der Waals surface area (Å²) in [6.07, 6.45) is 1.12. The highest BCUT2D eigenvalue weighted by Gasteiger charge is 2.09. The average Bonchev–Trinajstić information content (AvgIpc) is 2.26. The van der Waals surface area contributed by atoms with Gasteiger partial charge in [0.15, 0.2) is 0 Å². The number of hydrogen-bond donors (Lipinski definition) is 1. The van der Waals surface area contributed by atoms with E-state index in [9.17, 15) is 5.11 Å². The number of benzene rings is 1. The van der Waals surface area contributed by atoms with Crippen molar-refractivity contribution in [1.82, 2.24) is 0 Å². The molecule has 0 saturated heterocycles.